The Bertz CT molecular complexity index is 3210. The lowest BCUT2D eigenvalue weighted by Gasteiger charge is -2.14. The van der Waals surface area contributed by atoms with E-state index in [2.05, 4.69) is 199 Å². The van der Waals surface area contributed by atoms with Gasteiger partial charge in [0.15, 0.2) is 0 Å². The number of fused-ring (bicyclic) bond motifs is 11. The number of pyridine rings is 1. The van der Waals surface area contributed by atoms with E-state index in [9.17, 15) is 0 Å². The third-order valence-electron chi connectivity index (χ3n) is 10.9. The molecule has 11 aromatic rings. The Balaban J connectivity index is 1.13. The van der Waals surface area contributed by atoms with Gasteiger partial charge in [-0.05, 0) is 79.8 Å². The third kappa shape index (κ3) is 4.70. The number of hydrogen-bond donors (Lipinski definition) is 0. The molecule has 0 amide bonds. The number of hydrogen-bond acceptors (Lipinski definition) is 1. The monoisotopic (exact) mass is 672 g/mol. The van der Waals surface area contributed by atoms with Crippen LogP contribution in [-0.2, 0) is 0 Å². The van der Waals surface area contributed by atoms with Crippen LogP contribution in [0.15, 0.2) is 194 Å². The van der Waals surface area contributed by atoms with Crippen LogP contribution in [-0.4, -0.2) is 9.55 Å². The second-order valence-electron chi connectivity index (χ2n) is 13.9. The summed E-state index contributed by atoms with van der Waals surface area (Å²) < 4.78 is 2.46. The minimum absolute atomic E-state index is 0.950. The van der Waals surface area contributed by atoms with Crippen LogP contribution in [0.4, 0.5) is 0 Å². The summed E-state index contributed by atoms with van der Waals surface area (Å²) in [4.78, 5) is 5.30. The first kappa shape index (κ1) is 29.7. The molecule has 2 heterocycles. The molecule has 0 N–H and O–H groups in total. The lowest BCUT2D eigenvalue weighted by Crippen LogP contribution is -1.96. The van der Waals surface area contributed by atoms with Gasteiger partial charge in [-0.15, -0.1) is 0 Å². The minimum atomic E-state index is 0.950. The summed E-state index contributed by atoms with van der Waals surface area (Å²) in [5, 5.41) is 12.7. The molecule has 9 aromatic carbocycles. The molecule has 246 valence electrons. The normalized spacial score (nSPS) is 11.8. The molecule has 0 fully saturated rings. The zero-order valence-corrected chi connectivity index (χ0v) is 28.9. The zero-order chi connectivity index (χ0) is 34.9. The summed E-state index contributed by atoms with van der Waals surface area (Å²) in [6.07, 6.45) is 0. The van der Waals surface area contributed by atoms with Gasteiger partial charge in [0.05, 0.1) is 22.4 Å². The minimum Gasteiger partial charge on any atom is -0.309 e. The second-order valence-corrected chi connectivity index (χ2v) is 13.9. The smallest absolute Gasteiger partial charge is 0.0715 e. The number of aromatic nitrogens is 2. The van der Waals surface area contributed by atoms with Gasteiger partial charge in [0.2, 0.25) is 0 Å². The number of benzene rings is 9. The zero-order valence-electron chi connectivity index (χ0n) is 28.9. The van der Waals surface area contributed by atoms with Crippen molar-refractivity contribution in [2.75, 3.05) is 0 Å². The molecule has 0 saturated carbocycles. The summed E-state index contributed by atoms with van der Waals surface area (Å²) in [7, 11) is 0. The molecule has 0 saturated heterocycles. The quantitative estimate of drug-likeness (QED) is 0.170. The molecular formula is C51H32N2. The van der Waals surface area contributed by atoms with Gasteiger partial charge < -0.3 is 4.57 Å². The maximum absolute atomic E-state index is 5.30. The highest BCUT2D eigenvalue weighted by Crippen LogP contribution is 2.45. The van der Waals surface area contributed by atoms with Gasteiger partial charge in [0, 0.05) is 38.4 Å². The third-order valence-corrected chi connectivity index (χ3v) is 10.9. The summed E-state index contributed by atoms with van der Waals surface area (Å²) in [5.74, 6) is 0. The van der Waals surface area contributed by atoms with Crippen LogP contribution in [0.1, 0.15) is 0 Å². The molecule has 11 rings (SSSR count). The predicted molar refractivity (Wildman–Crippen MR) is 225 cm³/mol. The first-order valence-electron chi connectivity index (χ1n) is 18.2. The lowest BCUT2D eigenvalue weighted by atomic mass is 9.93. The van der Waals surface area contributed by atoms with Crippen molar-refractivity contribution in [1.82, 2.24) is 9.55 Å². The summed E-state index contributed by atoms with van der Waals surface area (Å²) in [5.41, 5.74) is 9.98. The molecular weight excluding hydrogens is 641 g/mol. The number of para-hydroxylation sites is 1. The number of nitrogens with zero attached hydrogens (tertiary/aromatic N) is 2. The van der Waals surface area contributed by atoms with E-state index in [0.29, 0.717) is 0 Å². The van der Waals surface area contributed by atoms with Gasteiger partial charge in [-0.1, -0.05) is 158 Å². The Morgan fingerprint density at radius 1 is 0.321 bits per heavy atom. The highest BCUT2D eigenvalue weighted by atomic mass is 15.0. The average molecular weight is 673 g/mol. The molecule has 0 atom stereocenters. The first-order chi connectivity index (χ1) is 26.3. The molecule has 0 unspecified atom stereocenters. The fraction of sp³-hybridized carbons (Fsp3) is 0. The van der Waals surface area contributed by atoms with Crippen LogP contribution in [0.5, 0.6) is 0 Å². The van der Waals surface area contributed by atoms with Crippen LogP contribution in [0.2, 0.25) is 0 Å². The van der Waals surface area contributed by atoms with Crippen molar-refractivity contribution in [3.8, 4) is 39.3 Å². The molecule has 0 radical (unpaired) electrons. The summed E-state index contributed by atoms with van der Waals surface area (Å²) in [6, 6.07) is 70.3. The highest BCUT2D eigenvalue weighted by Gasteiger charge is 2.20. The van der Waals surface area contributed by atoms with Gasteiger partial charge >= 0.3 is 0 Å². The average Bonchev–Trinajstić information content (AvgIpc) is 3.59. The van der Waals surface area contributed by atoms with E-state index in [1.54, 1.807) is 0 Å². The molecule has 2 nitrogen and oxygen atoms in total. The second kappa shape index (κ2) is 11.8. The Morgan fingerprint density at radius 3 is 1.74 bits per heavy atom. The van der Waals surface area contributed by atoms with E-state index < -0.39 is 0 Å². The van der Waals surface area contributed by atoms with Crippen molar-refractivity contribution in [2.45, 2.75) is 0 Å². The van der Waals surface area contributed by atoms with Gasteiger partial charge in [0.25, 0.3) is 0 Å². The predicted octanol–water partition coefficient (Wildman–Crippen LogP) is 13.8. The first-order valence-corrected chi connectivity index (χ1v) is 18.2. The Kier molecular flexibility index (Phi) is 6.59. The van der Waals surface area contributed by atoms with Gasteiger partial charge in [0.1, 0.15) is 0 Å². The Morgan fingerprint density at radius 2 is 0.925 bits per heavy atom. The van der Waals surface area contributed by atoms with Gasteiger partial charge in [-0.25, -0.2) is 4.98 Å². The van der Waals surface area contributed by atoms with Crippen LogP contribution >= 0.6 is 0 Å². The fourth-order valence-electron chi connectivity index (χ4n) is 8.46. The van der Waals surface area contributed by atoms with E-state index in [0.717, 1.165) is 33.8 Å². The van der Waals surface area contributed by atoms with Crippen LogP contribution in [0, 0.1) is 0 Å². The molecule has 2 aromatic heterocycles. The van der Waals surface area contributed by atoms with Crippen molar-refractivity contribution >= 4 is 64.9 Å². The fourth-order valence-corrected chi connectivity index (χ4v) is 8.46. The molecule has 0 aliphatic carbocycles. The van der Waals surface area contributed by atoms with Crippen molar-refractivity contribution < 1.29 is 0 Å². The van der Waals surface area contributed by atoms with Crippen molar-refractivity contribution in [2.24, 2.45) is 0 Å². The van der Waals surface area contributed by atoms with Crippen LogP contribution in [0.25, 0.3) is 104 Å². The maximum Gasteiger partial charge on any atom is 0.0715 e. The SMILES string of the molecule is c1ccc(-c2cc(-c3ccc(-n4c5ccccc5c5c6c7ccccc7ccc6c6ccccc6c54)cc3)nc(-c3ccc4ccccc4c3)c2)cc1. The van der Waals surface area contributed by atoms with E-state index >= 15 is 0 Å². The Hall–Kier alpha value is -7.03. The summed E-state index contributed by atoms with van der Waals surface area (Å²) >= 11 is 0. The summed E-state index contributed by atoms with van der Waals surface area (Å²) in [6.45, 7) is 0. The van der Waals surface area contributed by atoms with Crippen molar-refractivity contribution in [1.29, 1.82) is 0 Å². The largest absolute Gasteiger partial charge is 0.309 e. The van der Waals surface area contributed by atoms with Crippen molar-refractivity contribution in [3.05, 3.63) is 194 Å². The molecule has 0 spiro atoms. The molecule has 0 bridgehead atoms. The van der Waals surface area contributed by atoms with Crippen molar-refractivity contribution in [3.63, 3.8) is 0 Å². The lowest BCUT2D eigenvalue weighted by molar-refractivity contribution is 1.19. The van der Waals surface area contributed by atoms with Crippen LogP contribution in [0.3, 0.4) is 0 Å². The maximum atomic E-state index is 5.30. The molecule has 0 aliphatic rings. The molecule has 53 heavy (non-hydrogen) atoms. The molecule has 2 heteroatoms. The number of rotatable bonds is 4. The van der Waals surface area contributed by atoms with E-state index in [4.69, 9.17) is 4.98 Å². The van der Waals surface area contributed by atoms with E-state index in [1.165, 1.54) is 70.5 Å². The standard InChI is InChI=1S/C51H32N2/c1-2-12-33(13-3-1)39-31-46(52-47(32-39)38-23-22-34-14-4-5-16-37(34)30-38)36-24-27-40(28-25-36)53-48-21-11-10-20-45(48)50-49-41-17-7-6-15-35(41)26-29-43(49)42-18-8-9-19-44(42)51(50)53/h1-32H. The van der Waals surface area contributed by atoms with Crippen LogP contribution < -0.4 is 0 Å². The Labute approximate surface area is 306 Å². The van der Waals surface area contributed by atoms with Gasteiger partial charge in [-0.3, -0.25) is 0 Å². The van der Waals surface area contributed by atoms with Gasteiger partial charge in [-0.2, -0.15) is 0 Å². The van der Waals surface area contributed by atoms with E-state index in [1.807, 2.05) is 0 Å². The molecule has 0 aliphatic heterocycles. The highest BCUT2D eigenvalue weighted by molar-refractivity contribution is 6.36. The van der Waals surface area contributed by atoms with E-state index in [-0.39, 0.29) is 0 Å². The topological polar surface area (TPSA) is 17.8 Å².